The smallest absolute Gasteiger partial charge is 0.278 e. The van der Waals surface area contributed by atoms with E-state index in [4.69, 9.17) is 20.9 Å². The van der Waals surface area contributed by atoms with Crippen molar-refractivity contribution in [3.8, 4) is 28.7 Å². The second-order valence-corrected chi connectivity index (χ2v) is 4.28. The summed E-state index contributed by atoms with van der Waals surface area (Å²) >= 11 is 5.68. The van der Waals surface area contributed by atoms with Gasteiger partial charge in [0.15, 0.2) is 10.8 Å². The molecule has 0 atom stereocenters. The number of ether oxygens (including phenoxy) is 1. The third kappa shape index (κ3) is 2.46. The van der Waals surface area contributed by atoms with E-state index in [1.807, 2.05) is 24.3 Å². The highest BCUT2D eigenvalue weighted by Crippen LogP contribution is 2.22. The topological polar surface area (TPSA) is 73.9 Å². The van der Waals surface area contributed by atoms with Crippen LogP contribution in [-0.2, 0) is 0 Å². The van der Waals surface area contributed by atoms with Gasteiger partial charge in [0.05, 0.1) is 7.11 Å². The third-order valence-electron chi connectivity index (χ3n) is 2.63. The Bertz CT molecular complexity index is 710. The Hall–Kier alpha value is -2.47. The highest BCUT2D eigenvalue weighted by Gasteiger charge is 2.12. The summed E-state index contributed by atoms with van der Waals surface area (Å²) in [4.78, 5) is 4.27. The van der Waals surface area contributed by atoms with E-state index in [0.29, 0.717) is 22.6 Å². The zero-order chi connectivity index (χ0) is 13.9. The molecule has 1 aromatic carbocycles. The van der Waals surface area contributed by atoms with Crippen LogP contribution in [0.25, 0.3) is 23.0 Å². The molecular weight excluding hydrogens is 280 g/mol. The van der Waals surface area contributed by atoms with Gasteiger partial charge in [-0.15, -0.1) is 10.2 Å². The fourth-order valence-electron chi connectivity index (χ4n) is 1.61. The minimum atomic E-state index is 0.292. The van der Waals surface area contributed by atoms with Gasteiger partial charge in [0.2, 0.25) is 5.82 Å². The number of benzene rings is 1. The Morgan fingerprint density at radius 3 is 2.50 bits per heavy atom. The lowest BCUT2D eigenvalue weighted by Gasteiger charge is -1.98. The first-order chi connectivity index (χ1) is 9.76. The van der Waals surface area contributed by atoms with Gasteiger partial charge < -0.3 is 9.26 Å². The first-order valence-corrected chi connectivity index (χ1v) is 6.12. The molecule has 0 aliphatic heterocycles. The van der Waals surface area contributed by atoms with Gasteiger partial charge in [-0.3, -0.25) is 0 Å². The molecule has 2 heterocycles. The molecule has 0 aliphatic rings. The maximum atomic E-state index is 5.68. The van der Waals surface area contributed by atoms with E-state index < -0.39 is 0 Å². The number of hydrogen-bond donors (Lipinski definition) is 0. The number of halogens is 1. The van der Waals surface area contributed by atoms with Crippen LogP contribution < -0.4 is 4.74 Å². The number of aromatic nitrogens is 4. The molecule has 3 aromatic rings. The molecule has 0 fully saturated rings. The van der Waals surface area contributed by atoms with Crippen molar-refractivity contribution in [3.63, 3.8) is 0 Å². The van der Waals surface area contributed by atoms with Crippen molar-refractivity contribution in [2.24, 2.45) is 0 Å². The lowest BCUT2D eigenvalue weighted by Crippen LogP contribution is -1.87. The summed E-state index contributed by atoms with van der Waals surface area (Å²) in [5.41, 5.74) is 1.30. The molecule has 0 radical (unpaired) electrons. The predicted octanol–water partition coefficient (Wildman–Crippen LogP) is 2.86. The van der Waals surface area contributed by atoms with Gasteiger partial charge in [-0.2, -0.15) is 4.98 Å². The molecule has 7 heteroatoms. The van der Waals surface area contributed by atoms with Crippen LogP contribution in [0.15, 0.2) is 40.9 Å². The van der Waals surface area contributed by atoms with E-state index in [2.05, 4.69) is 20.3 Å². The summed E-state index contributed by atoms with van der Waals surface area (Å²) in [6, 6.07) is 10.6. The molecule has 0 spiro atoms. The van der Waals surface area contributed by atoms with Crippen LogP contribution in [-0.4, -0.2) is 27.4 Å². The van der Waals surface area contributed by atoms with Crippen LogP contribution in [0.1, 0.15) is 0 Å². The van der Waals surface area contributed by atoms with E-state index >= 15 is 0 Å². The highest BCUT2D eigenvalue weighted by atomic mass is 35.5. The Morgan fingerprint density at radius 2 is 1.85 bits per heavy atom. The Morgan fingerprint density at radius 1 is 1.05 bits per heavy atom. The molecule has 100 valence electrons. The van der Waals surface area contributed by atoms with E-state index in [1.165, 1.54) is 0 Å². The molecule has 0 aliphatic carbocycles. The number of methoxy groups -OCH3 is 1. The van der Waals surface area contributed by atoms with E-state index in [9.17, 15) is 0 Å². The van der Waals surface area contributed by atoms with Gasteiger partial charge in [-0.1, -0.05) is 16.8 Å². The second kappa shape index (κ2) is 5.26. The second-order valence-electron chi connectivity index (χ2n) is 3.89. The van der Waals surface area contributed by atoms with Crippen molar-refractivity contribution in [2.75, 3.05) is 7.11 Å². The lowest BCUT2D eigenvalue weighted by atomic mass is 10.2. The van der Waals surface area contributed by atoms with Crippen molar-refractivity contribution in [2.45, 2.75) is 0 Å². The van der Waals surface area contributed by atoms with Crippen LogP contribution in [0.3, 0.4) is 0 Å². The summed E-state index contributed by atoms with van der Waals surface area (Å²) in [5, 5.41) is 11.8. The fourth-order valence-corrected chi connectivity index (χ4v) is 1.72. The molecule has 0 amide bonds. The highest BCUT2D eigenvalue weighted by molar-refractivity contribution is 6.29. The zero-order valence-electron chi connectivity index (χ0n) is 10.4. The quantitative estimate of drug-likeness (QED) is 0.738. The van der Waals surface area contributed by atoms with Gasteiger partial charge in [0.25, 0.3) is 5.89 Å². The average Bonchev–Trinajstić information content (AvgIpc) is 2.98. The van der Waals surface area contributed by atoms with Gasteiger partial charge in [0.1, 0.15) is 5.75 Å². The summed E-state index contributed by atoms with van der Waals surface area (Å²) in [5.74, 6) is 1.53. The van der Waals surface area contributed by atoms with E-state index in [-0.39, 0.29) is 0 Å². The standard InChI is InChI=1S/C13H9ClN4O2/c1-19-9-4-2-8(3-5-9)12-15-13(20-18-12)10-6-7-11(14)17-16-10/h2-7H,1H3. The van der Waals surface area contributed by atoms with Crippen LogP contribution in [0, 0.1) is 0 Å². The minimum absolute atomic E-state index is 0.292. The van der Waals surface area contributed by atoms with Gasteiger partial charge >= 0.3 is 0 Å². The predicted molar refractivity (Wildman–Crippen MR) is 72.3 cm³/mol. The molecule has 2 aromatic heterocycles. The van der Waals surface area contributed by atoms with Gasteiger partial charge in [-0.05, 0) is 36.4 Å². The molecule has 20 heavy (non-hydrogen) atoms. The zero-order valence-corrected chi connectivity index (χ0v) is 11.2. The van der Waals surface area contributed by atoms with Crippen LogP contribution in [0.2, 0.25) is 5.15 Å². The Labute approximate surface area is 119 Å². The number of nitrogens with zero attached hydrogens (tertiary/aromatic N) is 4. The largest absolute Gasteiger partial charge is 0.497 e. The SMILES string of the molecule is COc1ccc(-c2noc(-c3ccc(Cl)nn3)n2)cc1. The van der Waals surface area contributed by atoms with Crippen molar-refractivity contribution in [1.82, 2.24) is 20.3 Å². The Kier molecular flexibility index (Phi) is 3.30. The first kappa shape index (κ1) is 12.6. The maximum absolute atomic E-state index is 5.68. The lowest BCUT2D eigenvalue weighted by molar-refractivity contribution is 0.414. The average molecular weight is 289 g/mol. The monoisotopic (exact) mass is 288 g/mol. The van der Waals surface area contributed by atoms with Gasteiger partial charge in [0, 0.05) is 5.56 Å². The number of hydrogen-bond acceptors (Lipinski definition) is 6. The molecule has 0 unspecified atom stereocenters. The van der Waals surface area contributed by atoms with Crippen LogP contribution >= 0.6 is 11.6 Å². The molecule has 3 rings (SSSR count). The fraction of sp³-hybridized carbons (Fsp3) is 0.0769. The van der Waals surface area contributed by atoms with Crippen LogP contribution in [0.4, 0.5) is 0 Å². The summed E-state index contributed by atoms with van der Waals surface area (Å²) in [6.45, 7) is 0. The van der Waals surface area contributed by atoms with E-state index in [1.54, 1.807) is 19.2 Å². The van der Waals surface area contributed by atoms with Gasteiger partial charge in [-0.25, -0.2) is 0 Å². The molecule has 0 bridgehead atoms. The summed E-state index contributed by atoms with van der Waals surface area (Å²) in [7, 11) is 1.61. The third-order valence-corrected chi connectivity index (χ3v) is 2.83. The Balaban J connectivity index is 1.91. The van der Waals surface area contributed by atoms with Crippen molar-refractivity contribution >= 4 is 11.6 Å². The summed E-state index contributed by atoms with van der Waals surface area (Å²) < 4.78 is 10.3. The molecule has 0 saturated carbocycles. The summed E-state index contributed by atoms with van der Waals surface area (Å²) in [6.07, 6.45) is 0. The molecule has 0 saturated heterocycles. The van der Waals surface area contributed by atoms with Crippen LogP contribution in [0.5, 0.6) is 5.75 Å². The number of rotatable bonds is 3. The molecule has 0 N–H and O–H groups in total. The minimum Gasteiger partial charge on any atom is -0.497 e. The van der Waals surface area contributed by atoms with E-state index in [0.717, 1.165) is 11.3 Å². The normalized spacial score (nSPS) is 10.5. The molecular formula is C13H9ClN4O2. The molecule has 6 nitrogen and oxygen atoms in total. The van der Waals surface area contributed by atoms with Crippen molar-refractivity contribution < 1.29 is 9.26 Å². The maximum Gasteiger partial charge on any atom is 0.278 e. The van der Waals surface area contributed by atoms with Crippen molar-refractivity contribution in [3.05, 3.63) is 41.6 Å². The van der Waals surface area contributed by atoms with Crippen molar-refractivity contribution in [1.29, 1.82) is 0 Å². The first-order valence-electron chi connectivity index (χ1n) is 5.74.